The Kier molecular flexibility index (Phi) is 5.16. The predicted molar refractivity (Wildman–Crippen MR) is 108 cm³/mol. The minimum absolute atomic E-state index is 0.0487. The van der Waals surface area contributed by atoms with Crippen molar-refractivity contribution < 1.29 is 26.5 Å². The van der Waals surface area contributed by atoms with E-state index in [2.05, 4.69) is 4.99 Å². The normalized spacial score (nSPS) is 15.0. The Morgan fingerprint density at radius 2 is 1.57 bits per heavy atom. The maximum atomic E-state index is 13.0. The van der Waals surface area contributed by atoms with Crippen molar-refractivity contribution in [1.29, 1.82) is 0 Å². The quantitative estimate of drug-likeness (QED) is 0.353. The summed E-state index contributed by atoms with van der Waals surface area (Å²) in [6, 6.07) is 19.3. The van der Waals surface area contributed by atoms with Gasteiger partial charge in [-0.1, -0.05) is 30.3 Å². The van der Waals surface area contributed by atoms with Gasteiger partial charge in [0.1, 0.15) is 16.5 Å². The van der Waals surface area contributed by atoms with Gasteiger partial charge in [0, 0.05) is 5.56 Å². The van der Waals surface area contributed by atoms with Crippen LogP contribution in [-0.4, -0.2) is 20.3 Å². The van der Waals surface area contributed by atoms with Gasteiger partial charge in [0.25, 0.3) is 0 Å². The SMILES string of the molecule is O=C1OC(c2ccc(F)cc2)=N/C1=C\c1ccc(OS(=O)(=O)c2ccccc2)cc1. The monoisotopic (exact) mass is 423 g/mol. The summed E-state index contributed by atoms with van der Waals surface area (Å²) in [5.74, 6) is -0.831. The van der Waals surface area contributed by atoms with Gasteiger partial charge in [0.05, 0.1) is 0 Å². The van der Waals surface area contributed by atoms with Crippen molar-refractivity contribution in [2.45, 2.75) is 4.90 Å². The number of hydrogen-bond acceptors (Lipinski definition) is 6. The Hall–Kier alpha value is -3.78. The van der Waals surface area contributed by atoms with Crippen molar-refractivity contribution in [3.63, 3.8) is 0 Å². The summed E-state index contributed by atoms with van der Waals surface area (Å²) < 4.78 is 47.8. The highest BCUT2D eigenvalue weighted by atomic mass is 32.2. The highest BCUT2D eigenvalue weighted by Gasteiger charge is 2.24. The second kappa shape index (κ2) is 7.92. The van der Waals surface area contributed by atoms with Gasteiger partial charge in [-0.3, -0.25) is 0 Å². The number of nitrogens with zero attached hydrogens (tertiary/aromatic N) is 1. The highest BCUT2D eigenvalue weighted by molar-refractivity contribution is 7.87. The van der Waals surface area contributed by atoms with Gasteiger partial charge in [0.15, 0.2) is 5.70 Å². The fourth-order valence-electron chi connectivity index (χ4n) is 2.66. The minimum Gasteiger partial charge on any atom is -0.402 e. The number of carbonyl (C=O) groups is 1. The van der Waals surface area contributed by atoms with E-state index in [1.54, 1.807) is 30.3 Å². The molecule has 0 unspecified atom stereocenters. The van der Waals surface area contributed by atoms with E-state index in [1.165, 1.54) is 54.6 Å². The summed E-state index contributed by atoms with van der Waals surface area (Å²) in [7, 11) is -3.94. The number of benzene rings is 3. The first-order valence-electron chi connectivity index (χ1n) is 8.79. The number of rotatable bonds is 5. The van der Waals surface area contributed by atoms with Crippen LogP contribution < -0.4 is 4.18 Å². The highest BCUT2D eigenvalue weighted by Crippen LogP contribution is 2.22. The molecule has 3 aromatic rings. The molecule has 0 bridgehead atoms. The van der Waals surface area contributed by atoms with Crippen molar-refractivity contribution in [2.75, 3.05) is 0 Å². The van der Waals surface area contributed by atoms with Crippen molar-refractivity contribution in [3.8, 4) is 5.75 Å². The molecule has 1 aliphatic rings. The Balaban J connectivity index is 1.52. The molecule has 0 saturated heterocycles. The lowest BCUT2D eigenvalue weighted by atomic mass is 10.2. The molecule has 30 heavy (non-hydrogen) atoms. The third-order valence-electron chi connectivity index (χ3n) is 4.13. The lowest BCUT2D eigenvalue weighted by Crippen LogP contribution is -2.09. The topological polar surface area (TPSA) is 82.0 Å². The summed E-state index contributed by atoms with van der Waals surface area (Å²) in [5.41, 5.74) is 1.14. The first-order chi connectivity index (χ1) is 14.4. The fourth-order valence-corrected chi connectivity index (χ4v) is 3.62. The molecular formula is C22H14FNO5S. The molecule has 150 valence electrons. The second-order valence-electron chi connectivity index (χ2n) is 6.26. The number of hydrogen-bond donors (Lipinski definition) is 0. The lowest BCUT2D eigenvalue weighted by Gasteiger charge is -2.07. The van der Waals surface area contributed by atoms with Crippen molar-refractivity contribution in [2.24, 2.45) is 4.99 Å². The molecule has 0 aliphatic carbocycles. The van der Waals surface area contributed by atoms with E-state index < -0.39 is 21.9 Å². The smallest absolute Gasteiger partial charge is 0.363 e. The predicted octanol–water partition coefficient (Wildman–Crippen LogP) is 3.94. The van der Waals surface area contributed by atoms with Crippen LogP contribution in [0.3, 0.4) is 0 Å². The number of carbonyl (C=O) groups excluding carboxylic acids is 1. The zero-order valence-corrected chi connectivity index (χ0v) is 16.2. The van der Waals surface area contributed by atoms with Gasteiger partial charge in [-0.05, 0) is 60.2 Å². The molecule has 6 nitrogen and oxygen atoms in total. The van der Waals surface area contributed by atoms with Crippen molar-refractivity contribution >= 4 is 28.1 Å². The summed E-state index contributed by atoms with van der Waals surface area (Å²) in [6.45, 7) is 0. The van der Waals surface area contributed by atoms with E-state index in [0.717, 1.165) is 0 Å². The molecule has 0 N–H and O–H groups in total. The van der Waals surface area contributed by atoms with Crippen LogP contribution in [0.5, 0.6) is 5.75 Å². The third kappa shape index (κ3) is 4.28. The lowest BCUT2D eigenvalue weighted by molar-refractivity contribution is -0.129. The minimum atomic E-state index is -3.94. The molecule has 0 aromatic heterocycles. The van der Waals surface area contributed by atoms with E-state index in [9.17, 15) is 17.6 Å². The van der Waals surface area contributed by atoms with Gasteiger partial charge >= 0.3 is 16.1 Å². The molecule has 8 heteroatoms. The van der Waals surface area contributed by atoms with Crippen LogP contribution in [0.2, 0.25) is 0 Å². The Labute approximate surface area is 172 Å². The number of aliphatic imine (C=N–C) groups is 1. The number of esters is 1. The van der Waals surface area contributed by atoms with Crippen LogP contribution >= 0.6 is 0 Å². The van der Waals surface area contributed by atoms with E-state index >= 15 is 0 Å². The molecule has 0 fully saturated rings. The molecule has 0 amide bonds. The van der Waals surface area contributed by atoms with Crippen molar-refractivity contribution in [3.05, 3.63) is 102 Å². The van der Waals surface area contributed by atoms with E-state index in [4.69, 9.17) is 8.92 Å². The Morgan fingerprint density at radius 3 is 2.23 bits per heavy atom. The van der Waals surface area contributed by atoms with E-state index in [-0.39, 0.29) is 22.2 Å². The van der Waals surface area contributed by atoms with Gasteiger partial charge in [-0.15, -0.1) is 0 Å². The summed E-state index contributed by atoms with van der Waals surface area (Å²) in [6.07, 6.45) is 1.49. The summed E-state index contributed by atoms with van der Waals surface area (Å²) in [5, 5.41) is 0. The van der Waals surface area contributed by atoms with Crippen LogP contribution in [-0.2, 0) is 19.6 Å². The first kappa shape index (κ1) is 19.5. The number of cyclic esters (lactones) is 1. The third-order valence-corrected chi connectivity index (χ3v) is 5.39. The summed E-state index contributed by atoms with van der Waals surface area (Å²) >= 11 is 0. The summed E-state index contributed by atoms with van der Waals surface area (Å²) in [4.78, 5) is 16.2. The average molecular weight is 423 g/mol. The molecule has 3 aromatic carbocycles. The average Bonchev–Trinajstić information content (AvgIpc) is 3.11. The standard InChI is InChI=1S/C22H14FNO5S/c23-17-10-8-16(9-11-17)21-24-20(22(25)28-21)14-15-6-12-18(13-7-15)29-30(26,27)19-4-2-1-3-5-19/h1-14H/b20-14-. The molecule has 1 heterocycles. The van der Waals surface area contributed by atoms with Crippen LogP contribution in [0.1, 0.15) is 11.1 Å². The number of halogens is 1. The maximum absolute atomic E-state index is 13.0. The van der Waals surface area contributed by atoms with E-state index in [0.29, 0.717) is 11.1 Å². The maximum Gasteiger partial charge on any atom is 0.363 e. The zero-order valence-electron chi connectivity index (χ0n) is 15.4. The molecule has 0 radical (unpaired) electrons. The molecule has 0 saturated carbocycles. The van der Waals surface area contributed by atoms with Gasteiger partial charge in [-0.2, -0.15) is 8.42 Å². The van der Waals surface area contributed by atoms with Gasteiger partial charge in [0.2, 0.25) is 5.90 Å². The zero-order chi connectivity index (χ0) is 21.1. The second-order valence-corrected chi connectivity index (χ2v) is 7.81. The van der Waals surface area contributed by atoms with Crippen LogP contribution in [0.15, 0.2) is 94.4 Å². The van der Waals surface area contributed by atoms with Crippen LogP contribution in [0.25, 0.3) is 6.08 Å². The molecule has 0 atom stereocenters. The Morgan fingerprint density at radius 1 is 0.900 bits per heavy atom. The number of ether oxygens (including phenoxy) is 1. The van der Waals surface area contributed by atoms with Crippen LogP contribution in [0.4, 0.5) is 4.39 Å². The van der Waals surface area contributed by atoms with E-state index in [1.807, 2.05) is 0 Å². The van der Waals surface area contributed by atoms with Crippen LogP contribution in [0, 0.1) is 5.82 Å². The fraction of sp³-hybridized carbons (Fsp3) is 0. The molecule has 1 aliphatic heterocycles. The van der Waals surface area contributed by atoms with Gasteiger partial charge in [-0.25, -0.2) is 14.2 Å². The van der Waals surface area contributed by atoms with Crippen molar-refractivity contribution in [1.82, 2.24) is 0 Å². The first-order valence-corrected chi connectivity index (χ1v) is 10.2. The van der Waals surface area contributed by atoms with Gasteiger partial charge < -0.3 is 8.92 Å². The molecule has 0 spiro atoms. The Bertz CT molecular complexity index is 1250. The molecular weight excluding hydrogens is 409 g/mol. The largest absolute Gasteiger partial charge is 0.402 e. The molecule has 4 rings (SSSR count).